The second-order valence-corrected chi connectivity index (χ2v) is 11.7. The molecular weight excluding hydrogens is 624 g/mol. The van der Waals surface area contributed by atoms with Gasteiger partial charge < -0.3 is 29.2 Å². The summed E-state index contributed by atoms with van der Waals surface area (Å²) in [7, 11) is 3.25. The van der Waals surface area contributed by atoms with E-state index in [1.807, 2.05) is 78.9 Å². The van der Waals surface area contributed by atoms with Gasteiger partial charge in [0.05, 0.1) is 38.8 Å². The third-order valence-electron chi connectivity index (χ3n) is 8.89. The van der Waals surface area contributed by atoms with Crippen molar-refractivity contribution in [1.29, 1.82) is 0 Å². The summed E-state index contributed by atoms with van der Waals surface area (Å²) in [5, 5.41) is 20.8. The Morgan fingerprint density at radius 2 is 1.51 bits per heavy atom. The number of ether oxygens (including phenoxy) is 4. The number of carboxylic acid groups (broad SMARTS) is 1. The highest BCUT2D eigenvalue weighted by Gasteiger charge is 2.42. The van der Waals surface area contributed by atoms with Gasteiger partial charge in [-0.15, -0.1) is 0 Å². The van der Waals surface area contributed by atoms with Gasteiger partial charge in [0.25, 0.3) is 0 Å². The SMILES string of the molecule is COc1ccc(C(OC[C@H]2O[C@@H](n3cnc4c(-c5cccc(C(=O)O)c5)ncnc43)C[C@@H]2O)(c2ccccc2)c2ccc(OC)cc2)cc1. The Bertz CT molecular complexity index is 2020. The number of aromatic carboxylic acids is 1. The minimum absolute atomic E-state index is 0.0550. The number of hydrogen-bond acceptors (Lipinski definition) is 9. The Kier molecular flexibility index (Phi) is 8.79. The molecule has 0 radical (unpaired) electrons. The molecule has 0 aliphatic carbocycles. The third-order valence-corrected chi connectivity index (χ3v) is 8.89. The van der Waals surface area contributed by atoms with Crippen molar-refractivity contribution in [2.45, 2.75) is 30.5 Å². The van der Waals surface area contributed by atoms with Gasteiger partial charge >= 0.3 is 5.97 Å². The van der Waals surface area contributed by atoms with Crippen LogP contribution in [-0.4, -0.2) is 68.7 Å². The van der Waals surface area contributed by atoms with Gasteiger partial charge in [-0.2, -0.15) is 0 Å². The Balaban J connectivity index is 1.21. The molecule has 1 aliphatic heterocycles. The predicted octanol–water partition coefficient (Wildman–Crippen LogP) is 5.87. The number of nitrogens with zero attached hydrogens (tertiary/aromatic N) is 4. The van der Waals surface area contributed by atoms with Gasteiger partial charge in [-0.3, -0.25) is 4.57 Å². The van der Waals surface area contributed by atoms with E-state index in [4.69, 9.17) is 18.9 Å². The van der Waals surface area contributed by atoms with Crippen molar-refractivity contribution in [3.8, 4) is 22.8 Å². The molecule has 2 aromatic heterocycles. The number of fused-ring (bicyclic) bond motifs is 1. The Labute approximate surface area is 282 Å². The maximum Gasteiger partial charge on any atom is 0.335 e. The van der Waals surface area contributed by atoms with Gasteiger partial charge in [0.2, 0.25) is 0 Å². The number of hydrogen-bond donors (Lipinski definition) is 2. The summed E-state index contributed by atoms with van der Waals surface area (Å²) < 4.78 is 26.1. The summed E-state index contributed by atoms with van der Waals surface area (Å²) in [5.41, 5.74) is 3.79. The smallest absolute Gasteiger partial charge is 0.335 e. The van der Waals surface area contributed by atoms with E-state index in [1.165, 1.54) is 12.4 Å². The number of aliphatic hydroxyl groups is 1. The number of aromatic nitrogens is 4. The number of carboxylic acids is 1. The molecule has 1 aliphatic rings. The number of carbonyl (C=O) groups is 1. The van der Waals surface area contributed by atoms with E-state index in [2.05, 4.69) is 15.0 Å². The first-order chi connectivity index (χ1) is 23.9. The van der Waals surface area contributed by atoms with E-state index in [0.717, 1.165) is 16.7 Å². The first-order valence-electron chi connectivity index (χ1n) is 15.7. The Morgan fingerprint density at radius 1 is 0.857 bits per heavy atom. The lowest BCUT2D eigenvalue weighted by Crippen LogP contribution is -2.38. The fraction of sp³-hybridized carbons (Fsp3) is 0.211. The van der Waals surface area contributed by atoms with Crippen molar-refractivity contribution in [3.05, 3.63) is 138 Å². The summed E-state index contributed by atoms with van der Waals surface area (Å²) in [6.07, 6.45) is 1.17. The highest BCUT2D eigenvalue weighted by Crippen LogP contribution is 2.43. The van der Waals surface area contributed by atoms with E-state index in [9.17, 15) is 15.0 Å². The van der Waals surface area contributed by atoms with Crippen LogP contribution in [0.3, 0.4) is 0 Å². The number of methoxy groups -OCH3 is 2. The van der Waals surface area contributed by atoms with Gasteiger partial charge in [0.15, 0.2) is 5.65 Å². The van der Waals surface area contributed by atoms with Crippen LogP contribution in [0.25, 0.3) is 22.4 Å². The topological polar surface area (TPSA) is 138 Å². The molecule has 7 rings (SSSR count). The second kappa shape index (κ2) is 13.5. The predicted molar refractivity (Wildman–Crippen MR) is 181 cm³/mol. The fourth-order valence-corrected chi connectivity index (χ4v) is 6.39. The van der Waals surface area contributed by atoms with Crippen molar-refractivity contribution < 1.29 is 34.0 Å². The molecule has 4 aromatic carbocycles. The molecule has 3 heterocycles. The number of rotatable bonds is 11. The first-order valence-corrected chi connectivity index (χ1v) is 15.7. The van der Waals surface area contributed by atoms with Crippen molar-refractivity contribution in [2.75, 3.05) is 20.8 Å². The minimum Gasteiger partial charge on any atom is -0.497 e. The normalized spacial score (nSPS) is 17.7. The summed E-state index contributed by atoms with van der Waals surface area (Å²) in [4.78, 5) is 25.0. The molecule has 11 nitrogen and oxygen atoms in total. The summed E-state index contributed by atoms with van der Waals surface area (Å²) >= 11 is 0. The van der Waals surface area contributed by atoms with Gasteiger partial charge in [0.1, 0.15) is 47.0 Å². The third kappa shape index (κ3) is 5.99. The molecule has 2 N–H and O–H groups in total. The summed E-state index contributed by atoms with van der Waals surface area (Å²) in [5.74, 6) is 0.397. The first kappa shape index (κ1) is 32.0. The molecule has 1 saturated heterocycles. The van der Waals surface area contributed by atoms with Crippen LogP contribution in [-0.2, 0) is 15.1 Å². The summed E-state index contributed by atoms with van der Waals surface area (Å²) in [6, 6.07) is 32.0. The molecule has 0 spiro atoms. The maximum absolute atomic E-state index is 11.6. The van der Waals surface area contributed by atoms with Crippen LogP contribution in [0.4, 0.5) is 0 Å². The zero-order chi connectivity index (χ0) is 34.0. The van der Waals surface area contributed by atoms with Crippen LogP contribution in [0.2, 0.25) is 0 Å². The van der Waals surface area contributed by atoms with Crippen molar-refractivity contribution in [3.63, 3.8) is 0 Å². The maximum atomic E-state index is 11.6. The number of benzene rings is 4. The van der Waals surface area contributed by atoms with Crippen LogP contribution < -0.4 is 9.47 Å². The molecule has 248 valence electrons. The highest BCUT2D eigenvalue weighted by molar-refractivity contribution is 5.92. The van der Waals surface area contributed by atoms with Crippen molar-refractivity contribution >= 4 is 17.1 Å². The lowest BCUT2D eigenvalue weighted by atomic mass is 9.80. The van der Waals surface area contributed by atoms with Crippen molar-refractivity contribution in [2.24, 2.45) is 0 Å². The molecule has 1 fully saturated rings. The van der Waals surface area contributed by atoms with Crippen LogP contribution in [0.1, 0.15) is 39.7 Å². The largest absolute Gasteiger partial charge is 0.497 e. The van der Waals surface area contributed by atoms with Crippen molar-refractivity contribution in [1.82, 2.24) is 19.5 Å². The fourth-order valence-electron chi connectivity index (χ4n) is 6.39. The van der Waals surface area contributed by atoms with E-state index in [1.54, 1.807) is 43.3 Å². The molecule has 0 unspecified atom stereocenters. The standard InChI is InChI=1S/C38H34N4O7/c1-46-29-15-11-27(12-16-29)38(26-9-4-3-5-10-26,28-13-17-30(47-2)18-14-28)48-21-32-31(43)20-33(49-32)42-23-41-35-34(39-22-40-36(35)42)24-7-6-8-25(19-24)37(44)45/h3-19,22-23,31-33,43H,20-21H2,1-2H3,(H,44,45)/t31-,32+,33+/m0/s1. The van der Waals surface area contributed by atoms with E-state index >= 15 is 0 Å². The van der Waals surface area contributed by atoms with Gasteiger partial charge in [-0.25, -0.2) is 19.7 Å². The molecular formula is C38H34N4O7. The van der Waals surface area contributed by atoms with E-state index in [0.29, 0.717) is 33.9 Å². The molecule has 0 saturated carbocycles. The van der Waals surface area contributed by atoms with E-state index in [-0.39, 0.29) is 18.6 Å². The lowest BCUT2D eigenvalue weighted by Gasteiger charge is -2.37. The Morgan fingerprint density at radius 3 is 2.14 bits per heavy atom. The van der Waals surface area contributed by atoms with Crippen LogP contribution in [0.15, 0.2) is 116 Å². The van der Waals surface area contributed by atoms with Gasteiger partial charge in [-0.05, 0) is 53.1 Å². The molecule has 11 heteroatoms. The minimum atomic E-state index is -1.07. The van der Waals surface area contributed by atoms with Gasteiger partial charge in [-0.1, -0.05) is 66.7 Å². The van der Waals surface area contributed by atoms with E-state index < -0.39 is 30.0 Å². The quantitative estimate of drug-likeness (QED) is 0.163. The van der Waals surface area contributed by atoms with Crippen LogP contribution in [0, 0.1) is 0 Å². The lowest BCUT2D eigenvalue weighted by molar-refractivity contribution is -0.0931. The second-order valence-electron chi connectivity index (χ2n) is 11.7. The Hall–Kier alpha value is -5.62. The average Bonchev–Trinajstić information content (AvgIpc) is 3.76. The highest BCUT2D eigenvalue weighted by atomic mass is 16.6. The molecule has 49 heavy (non-hydrogen) atoms. The number of imidazole rings is 1. The molecule has 0 bridgehead atoms. The molecule has 6 aromatic rings. The van der Waals surface area contributed by atoms with Crippen LogP contribution >= 0.6 is 0 Å². The van der Waals surface area contributed by atoms with Crippen LogP contribution in [0.5, 0.6) is 11.5 Å². The zero-order valence-electron chi connectivity index (χ0n) is 26.8. The summed E-state index contributed by atoms with van der Waals surface area (Å²) in [6.45, 7) is 0.0550. The zero-order valence-corrected chi connectivity index (χ0v) is 26.8. The molecule has 3 atom stereocenters. The number of aliphatic hydroxyl groups excluding tert-OH is 1. The average molecular weight is 659 g/mol. The molecule has 0 amide bonds. The van der Waals surface area contributed by atoms with Gasteiger partial charge in [0, 0.05) is 12.0 Å². The monoisotopic (exact) mass is 658 g/mol.